The lowest BCUT2D eigenvalue weighted by Crippen LogP contribution is -2.48. The Morgan fingerprint density at radius 3 is 2.46 bits per heavy atom. The molecule has 1 aromatic heterocycles. The van der Waals surface area contributed by atoms with Crippen molar-refractivity contribution in [1.82, 2.24) is 15.5 Å². The smallest absolute Gasteiger partial charge is 0.381 e. The average molecular weight is 538 g/mol. The predicted molar refractivity (Wildman–Crippen MR) is 142 cm³/mol. The van der Waals surface area contributed by atoms with E-state index in [4.69, 9.17) is 23.5 Å². The second-order valence-electron chi connectivity index (χ2n) is 8.92. The van der Waals surface area contributed by atoms with Crippen LogP contribution < -0.4 is 20.4 Å². The van der Waals surface area contributed by atoms with Gasteiger partial charge in [-0.1, -0.05) is 18.4 Å². The molecule has 0 atom stereocenters. The van der Waals surface area contributed by atoms with Crippen molar-refractivity contribution >= 4 is 62.9 Å². The molecular formula is C24H19B3F6N6. The summed E-state index contributed by atoms with van der Waals surface area (Å²) in [5.41, 5.74) is 0.643. The van der Waals surface area contributed by atoms with Crippen molar-refractivity contribution < 1.29 is 26.3 Å². The molecule has 0 aliphatic carbocycles. The number of hydrogen-bond donors (Lipinski definition) is 2. The van der Waals surface area contributed by atoms with Crippen LogP contribution in [0.25, 0.3) is 16.5 Å². The molecule has 15 heteroatoms. The Bertz CT molecular complexity index is 1460. The maximum atomic E-state index is 14.3. The monoisotopic (exact) mass is 538 g/mol. The van der Waals surface area contributed by atoms with Gasteiger partial charge in [-0.05, 0) is 24.4 Å². The van der Waals surface area contributed by atoms with E-state index in [9.17, 15) is 26.3 Å². The van der Waals surface area contributed by atoms with Crippen LogP contribution in [0.5, 0.6) is 0 Å². The Kier molecular flexibility index (Phi) is 7.30. The van der Waals surface area contributed by atoms with E-state index in [1.54, 1.807) is 0 Å². The second-order valence-corrected chi connectivity index (χ2v) is 8.92. The number of alkyl halides is 5. The number of nitrogens with zero attached hydrogens (tertiary/aromatic N) is 4. The van der Waals surface area contributed by atoms with Crippen LogP contribution in [0.3, 0.4) is 0 Å². The zero-order valence-corrected chi connectivity index (χ0v) is 20.6. The highest BCUT2D eigenvalue weighted by molar-refractivity contribution is 6.61. The predicted octanol–water partition coefficient (Wildman–Crippen LogP) is 4.37. The third kappa shape index (κ3) is 5.39. The second kappa shape index (κ2) is 10.1. The molecule has 0 amide bonds. The summed E-state index contributed by atoms with van der Waals surface area (Å²) < 4.78 is 82.0. The molecule has 2 N–H and O–H groups in total. The minimum Gasteiger partial charge on any atom is -0.381 e. The third-order valence-electron chi connectivity index (χ3n) is 6.13. The van der Waals surface area contributed by atoms with E-state index in [0.717, 1.165) is 12.3 Å². The van der Waals surface area contributed by atoms with E-state index in [2.05, 4.69) is 34.0 Å². The van der Waals surface area contributed by atoms with Gasteiger partial charge in [-0.3, -0.25) is 0 Å². The summed E-state index contributed by atoms with van der Waals surface area (Å²) in [5, 5.41) is 10.9. The van der Waals surface area contributed by atoms with Crippen LogP contribution in [-0.2, 0) is 12.7 Å². The minimum absolute atomic E-state index is 0.155. The average Bonchev–Trinajstić information content (AvgIpc) is 3.20. The number of aromatic nitrogens is 2. The van der Waals surface area contributed by atoms with Crippen LogP contribution in [0.4, 0.5) is 49.2 Å². The Balaban J connectivity index is 1.98. The fraction of sp³-hybridized carbons (Fsp3) is 0.250. The molecule has 0 unspecified atom stereocenters. The molecule has 6 radical (unpaired) electrons. The largest absolute Gasteiger partial charge is 0.417 e. The maximum Gasteiger partial charge on any atom is 0.417 e. The van der Waals surface area contributed by atoms with Crippen molar-refractivity contribution in [1.29, 1.82) is 0 Å². The highest BCUT2D eigenvalue weighted by Gasteiger charge is 2.35. The Labute approximate surface area is 224 Å². The van der Waals surface area contributed by atoms with Crippen LogP contribution in [0.15, 0.2) is 43.8 Å². The topological polar surface area (TPSA) is 56.3 Å². The van der Waals surface area contributed by atoms with E-state index in [1.807, 2.05) is 0 Å². The number of fused-ring (bicyclic) bond motifs is 2. The van der Waals surface area contributed by atoms with Gasteiger partial charge in [0.25, 0.3) is 6.43 Å². The van der Waals surface area contributed by atoms with Crippen LogP contribution in [0.1, 0.15) is 16.7 Å². The zero-order valence-electron chi connectivity index (χ0n) is 20.6. The first kappa shape index (κ1) is 28.2. The molecule has 39 heavy (non-hydrogen) atoms. The molecule has 0 saturated heterocycles. The summed E-state index contributed by atoms with van der Waals surface area (Å²) in [4.78, 5) is 2.41. The summed E-state index contributed by atoms with van der Waals surface area (Å²) in [6.45, 7) is 7.11. The molecule has 0 bridgehead atoms. The van der Waals surface area contributed by atoms with Gasteiger partial charge in [0.2, 0.25) is 0 Å². The highest BCUT2D eigenvalue weighted by atomic mass is 19.4. The first-order chi connectivity index (χ1) is 18.1. The molecule has 6 nitrogen and oxygen atoms in total. The lowest BCUT2D eigenvalue weighted by Gasteiger charge is -2.40. The molecule has 0 spiro atoms. The van der Waals surface area contributed by atoms with E-state index in [-0.39, 0.29) is 40.2 Å². The normalized spacial score (nSPS) is 13.4. The lowest BCUT2D eigenvalue weighted by atomic mass is 9.48. The van der Waals surface area contributed by atoms with E-state index in [1.165, 1.54) is 29.1 Å². The van der Waals surface area contributed by atoms with E-state index < -0.39 is 35.8 Å². The van der Waals surface area contributed by atoms with Gasteiger partial charge in [0.05, 0.1) is 53.2 Å². The van der Waals surface area contributed by atoms with Crippen molar-refractivity contribution in [3.63, 3.8) is 0 Å². The molecule has 4 rings (SSSR count). The minimum atomic E-state index is -4.86. The number of nitrogens with one attached hydrogen (secondary N) is 2. The van der Waals surface area contributed by atoms with Crippen molar-refractivity contribution in [3.05, 3.63) is 66.3 Å². The molecule has 0 saturated carbocycles. The number of benzene rings is 2. The fourth-order valence-electron chi connectivity index (χ4n) is 4.49. The van der Waals surface area contributed by atoms with E-state index in [0.29, 0.717) is 22.9 Å². The van der Waals surface area contributed by atoms with Crippen LogP contribution in [0.2, 0.25) is 0 Å². The van der Waals surface area contributed by atoms with Gasteiger partial charge in [0, 0.05) is 46.9 Å². The van der Waals surface area contributed by atoms with Gasteiger partial charge >= 0.3 is 6.18 Å². The van der Waals surface area contributed by atoms with Gasteiger partial charge in [-0.15, -0.1) is 5.10 Å². The SMILES string of the molecule is [B]C([B])([B])N(C=C)c1c(N(C)CC(F)F)cc(Nc2nncc3c(C(F)(F)F)cc(F)cc23)c2c1C(=C)NC2. The van der Waals surface area contributed by atoms with Crippen molar-refractivity contribution in [2.24, 2.45) is 0 Å². The Hall–Kier alpha value is -3.77. The van der Waals surface area contributed by atoms with Crippen molar-refractivity contribution in [2.45, 2.75) is 24.4 Å². The molecule has 1 aliphatic heterocycles. The third-order valence-corrected chi connectivity index (χ3v) is 6.13. The first-order valence-electron chi connectivity index (χ1n) is 11.3. The molecule has 2 heterocycles. The number of anilines is 4. The maximum absolute atomic E-state index is 14.3. The Morgan fingerprint density at radius 2 is 1.87 bits per heavy atom. The summed E-state index contributed by atoms with van der Waals surface area (Å²) in [6, 6.07) is 2.71. The van der Waals surface area contributed by atoms with Gasteiger partial charge in [0.15, 0.2) is 5.82 Å². The lowest BCUT2D eigenvalue weighted by molar-refractivity contribution is -0.136. The van der Waals surface area contributed by atoms with Gasteiger partial charge in [-0.25, -0.2) is 13.2 Å². The van der Waals surface area contributed by atoms with E-state index >= 15 is 0 Å². The standard InChI is InChI=1S/C24H19B3F6N6/c1-4-39(24(25,26)27)21-18(38(3)10-19(29)30)7-17(15-8-34-11(2)20(15)21)36-22-13-5-12(28)6-16(23(31,32)33)14(13)9-35-37-22/h4-7,9,19,34H,1-2,8,10H2,3H3,(H,36,37). The van der Waals surface area contributed by atoms with Crippen molar-refractivity contribution in [2.75, 3.05) is 28.7 Å². The molecule has 196 valence electrons. The first-order valence-corrected chi connectivity index (χ1v) is 11.3. The van der Waals surface area contributed by atoms with Crippen LogP contribution in [0, 0.1) is 5.82 Å². The van der Waals surface area contributed by atoms with Gasteiger partial charge in [-0.2, -0.15) is 18.3 Å². The van der Waals surface area contributed by atoms with Crippen LogP contribution in [-0.4, -0.2) is 59.0 Å². The molecule has 0 fully saturated rings. The highest BCUT2D eigenvalue weighted by Crippen LogP contribution is 2.47. The number of rotatable bonds is 8. The summed E-state index contributed by atoms with van der Waals surface area (Å²) in [7, 11) is 19.2. The molecule has 3 aromatic rings. The Morgan fingerprint density at radius 1 is 1.18 bits per heavy atom. The number of hydrogen-bond acceptors (Lipinski definition) is 6. The molecule has 1 aliphatic rings. The summed E-state index contributed by atoms with van der Waals surface area (Å²) in [6.07, 6.45) is -5.49. The summed E-state index contributed by atoms with van der Waals surface area (Å²) in [5.74, 6) is -1.33. The van der Waals surface area contributed by atoms with Gasteiger partial charge < -0.3 is 20.4 Å². The quantitative estimate of drug-likeness (QED) is 0.329. The number of halogens is 6. The van der Waals surface area contributed by atoms with Gasteiger partial charge in [0.1, 0.15) is 5.82 Å². The fourth-order valence-corrected chi connectivity index (χ4v) is 4.49. The van der Waals surface area contributed by atoms with Crippen molar-refractivity contribution in [3.8, 4) is 0 Å². The molecular weight excluding hydrogens is 519 g/mol. The zero-order chi connectivity index (χ0) is 28.9. The van der Waals surface area contributed by atoms with Crippen LogP contribution >= 0.6 is 0 Å². The summed E-state index contributed by atoms with van der Waals surface area (Å²) >= 11 is 0. The molecule has 2 aromatic carbocycles.